The average molecular weight is 499 g/mol. The summed E-state index contributed by atoms with van der Waals surface area (Å²) in [5.74, 6) is -0.1000. The van der Waals surface area contributed by atoms with Crippen molar-refractivity contribution in [1.29, 1.82) is 0 Å². The molecule has 3 rings (SSSR count). The quantitative estimate of drug-likeness (QED) is 0.491. The Bertz CT molecular complexity index is 722. The second-order valence-electron chi connectivity index (χ2n) is 6.20. The standard InChI is InChI=1S/3C6H5.C5H11NO2S.Sn/c3*1-2-4-6-5-3-1;1-9-3-2-4(6)5(7)8;/h3*1-5H;4H,2-3,6H2,1H3,(H,7,8);. The van der Waals surface area contributed by atoms with Gasteiger partial charge in [0.15, 0.2) is 0 Å². The van der Waals surface area contributed by atoms with E-state index < -0.39 is 31.8 Å². The van der Waals surface area contributed by atoms with E-state index >= 15 is 0 Å². The summed E-state index contributed by atoms with van der Waals surface area (Å²) < 4.78 is 4.59. The van der Waals surface area contributed by atoms with Crippen molar-refractivity contribution < 1.29 is 9.90 Å². The van der Waals surface area contributed by atoms with E-state index in [1.54, 1.807) is 11.8 Å². The molecule has 0 aliphatic heterocycles. The molecule has 0 spiro atoms. The van der Waals surface area contributed by atoms with Crippen LogP contribution in [0, 0.1) is 0 Å². The second kappa shape index (κ2) is 12.6. The van der Waals surface area contributed by atoms with Crippen LogP contribution in [0.1, 0.15) is 6.42 Å². The van der Waals surface area contributed by atoms with Crippen LogP contribution in [0.5, 0.6) is 0 Å². The summed E-state index contributed by atoms with van der Waals surface area (Å²) in [6.07, 6.45) is 2.48. The van der Waals surface area contributed by atoms with E-state index in [0.29, 0.717) is 6.42 Å². The molecule has 0 saturated carbocycles. The van der Waals surface area contributed by atoms with Crippen molar-refractivity contribution >= 4 is 48.2 Å². The first kappa shape index (κ1) is 22.5. The van der Waals surface area contributed by atoms with Gasteiger partial charge in [0.2, 0.25) is 0 Å². The number of carbonyl (C=O) groups is 1. The minimum absolute atomic E-state index is 0.552. The number of rotatable bonds is 7. The van der Waals surface area contributed by atoms with Crippen molar-refractivity contribution in [3.8, 4) is 0 Å². The molecule has 28 heavy (non-hydrogen) atoms. The van der Waals surface area contributed by atoms with E-state index in [1.807, 2.05) is 6.26 Å². The molecule has 0 aliphatic carbocycles. The molecule has 0 amide bonds. The Morgan fingerprint density at radius 1 is 0.857 bits per heavy atom. The number of nitrogens with two attached hydrogens (primary N) is 1. The van der Waals surface area contributed by atoms with Crippen molar-refractivity contribution in [2.45, 2.75) is 12.5 Å². The van der Waals surface area contributed by atoms with Crippen molar-refractivity contribution in [1.82, 2.24) is 0 Å². The molecule has 3 N–H and O–H groups in total. The molecule has 3 aromatic rings. The van der Waals surface area contributed by atoms with Gasteiger partial charge in [0.25, 0.3) is 0 Å². The minimum atomic E-state index is -1.98. The fourth-order valence-corrected chi connectivity index (χ4v) is 10.5. The van der Waals surface area contributed by atoms with Crippen LogP contribution >= 0.6 is 11.8 Å². The maximum atomic E-state index is 10.1. The molecule has 0 saturated heterocycles. The zero-order chi connectivity index (χ0) is 20.2. The van der Waals surface area contributed by atoms with Crippen molar-refractivity contribution in [2.24, 2.45) is 5.73 Å². The van der Waals surface area contributed by atoms with Gasteiger partial charge in [-0.2, -0.15) is 11.8 Å². The summed E-state index contributed by atoms with van der Waals surface area (Å²) >= 11 is -0.378. The predicted octanol–water partition coefficient (Wildman–Crippen LogP) is 2.35. The second-order valence-corrected chi connectivity index (χ2v) is 14.3. The number of benzene rings is 3. The van der Waals surface area contributed by atoms with E-state index in [-0.39, 0.29) is 0 Å². The zero-order valence-corrected chi connectivity index (χ0v) is 19.7. The Hall–Kier alpha value is -1.76. The Morgan fingerprint density at radius 3 is 1.50 bits per heavy atom. The van der Waals surface area contributed by atoms with Crippen LogP contribution < -0.4 is 16.5 Å². The topological polar surface area (TPSA) is 63.3 Å². The molecular weight excluding hydrogens is 473 g/mol. The monoisotopic (exact) mass is 500 g/mol. The molecule has 0 heterocycles. The van der Waals surface area contributed by atoms with Gasteiger partial charge in [0.05, 0.1) is 0 Å². The first-order valence-corrected chi connectivity index (χ1v) is 14.8. The Balaban J connectivity index is 0.000000266. The van der Waals surface area contributed by atoms with Crippen LogP contribution in [0.3, 0.4) is 0 Å². The van der Waals surface area contributed by atoms with Crippen LogP contribution in [0.4, 0.5) is 0 Å². The molecule has 1 atom stereocenters. The SMILES string of the molecule is CSCCC(N)C(=O)O.c1cc[c]([Sn]([c]2ccccc2)[c]2ccccc2)cc1. The van der Waals surface area contributed by atoms with Crippen LogP contribution in [0.2, 0.25) is 0 Å². The van der Waals surface area contributed by atoms with Gasteiger partial charge in [-0.1, -0.05) is 0 Å². The van der Waals surface area contributed by atoms with E-state index in [2.05, 4.69) is 91.0 Å². The van der Waals surface area contributed by atoms with Gasteiger partial charge >= 0.3 is 127 Å². The fraction of sp³-hybridized carbons (Fsp3) is 0.174. The number of carboxylic acid groups (broad SMARTS) is 1. The maximum absolute atomic E-state index is 10.1. The molecule has 0 aromatic heterocycles. The summed E-state index contributed by atoms with van der Waals surface area (Å²) in [4.78, 5) is 10.1. The van der Waals surface area contributed by atoms with E-state index in [4.69, 9.17) is 10.8 Å². The van der Waals surface area contributed by atoms with Crippen LogP contribution in [-0.4, -0.2) is 48.9 Å². The first-order chi connectivity index (χ1) is 13.6. The van der Waals surface area contributed by atoms with Gasteiger partial charge in [-0.3, -0.25) is 4.79 Å². The van der Waals surface area contributed by atoms with Gasteiger partial charge in [-0.05, 0) is 18.4 Å². The molecule has 1 radical (unpaired) electrons. The summed E-state index contributed by atoms with van der Waals surface area (Å²) in [7, 11) is 0. The van der Waals surface area contributed by atoms with E-state index in [1.165, 1.54) is 10.7 Å². The van der Waals surface area contributed by atoms with E-state index in [0.717, 1.165) is 5.75 Å². The molecule has 5 heteroatoms. The molecular formula is C23H26NO2SSn. The Labute approximate surface area is 178 Å². The van der Waals surface area contributed by atoms with Gasteiger partial charge in [-0.25, -0.2) is 0 Å². The van der Waals surface area contributed by atoms with Crippen molar-refractivity contribution in [3.05, 3.63) is 91.0 Å². The van der Waals surface area contributed by atoms with Crippen LogP contribution in [0.25, 0.3) is 0 Å². The summed E-state index contributed by atoms with van der Waals surface area (Å²) in [6.45, 7) is 0. The van der Waals surface area contributed by atoms with Gasteiger partial charge in [-0.15, -0.1) is 0 Å². The number of hydrogen-bond donors (Lipinski definition) is 2. The first-order valence-electron chi connectivity index (χ1n) is 9.14. The van der Waals surface area contributed by atoms with E-state index in [9.17, 15) is 4.79 Å². The number of hydrogen-bond acceptors (Lipinski definition) is 3. The predicted molar refractivity (Wildman–Crippen MR) is 123 cm³/mol. The molecule has 0 fully saturated rings. The number of aliphatic carboxylic acids is 1. The molecule has 3 aromatic carbocycles. The van der Waals surface area contributed by atoms with Gasteiger partial charge in [0, 0.05) is 0 Å². The van der Waals surface area contributed by atoms with Crippen LogP contribution in [0.15, 0.2) is 91.0 Å². The van der Waals surface area contributed by atoms with Crippen LogP contribution in [-0.2, 0) is 4.79 Å². The van der Waals surface area contributed by atoms with Gasteiger partial charge < -0.3 is 10.8 Å². The molecule has 3 nitrogen and oxygen atoms in total. The number of thioether (sulfide) groups is 1. The summed E-state index contributed by atoms with van der Waals surface area (Å²) in [6, 6.07) is 32.3. The number of carboxylic acids is 1. The third kappa shape index (κ3) is 7.34. The molecule has 0 bridgehead atoms. The molecule has 1 unspecified atom stereocenters. The van der Waals surface area contributed by atoms with Gasteiger partial charge in [0.1, 0.15) is 6.04 Å². The summed E-state index contributed by atoms with van der Waals surface area (Å²) in [5.41, 5.74) is 5.19. The fourth-order valence-electron chi connectivity index (χ4n) is 2.68. The van der Waals surface area contributed by atoms with Crippen molar-refractivity contribution in [3.63, 3.8) is 0 Å². The molecule has 0 aliphatic rings. The third-order valence-electron chi connectivity index (χ3n) is 4.14. The normalized spacial score (nSPS) is 11.4. The van der Waals surface area contributed by atoms with Crippen molar-refractivity contribution in [2.75, 3.05) is 12.0 Å². The average Bonchev–Trinajstić information content (AvgIpc) is 2.75. The zero-order valence-electron chi connectivity index (χ0n) is 16.0. The molecule has 145 valence electrons. The third-order valence-corrected chi connectivity index (χ3v) is 12.6. The Morgan fingerprint density at radius 2 is 1.21 bits per heavy atom. The Kier molecular flexibility index (Phi) is 10.2. The summed E-state index contributed by atoms with van der Waals surface area (Å²) in [5, 5.41) is 8.27.